The van der Waals surface area contributed by atoms with Crippen molar-refractivity contribution in [1.82, 2.24) is 4.90 Å². The molecule has 1 aromatic carbocycles. The standard InChI is InChI=1S/C19H29NO5/c1-23-13-15-11-14(3-4-17(15)24-2)12-20-8-6-19(7-9-20)18(22)16(21)5-10-25-19/h3-4,11,16,18,21-22H,5-10,12-13H2,1-2H3/t16-,18-/m0/s1. The average molecular weight is 351 g/mol. The van der Waals surface area contributed by atoms with Gasteiger partial charge in [-0.2, -0.15) is 0 Å². The number of nitrogens with zero attached hydrogens (tertiary/aromatic N) is 1. The van der Waals surface area contributed by atoms with Crippen LogP contribution in [-0.4, -0.2) is 66.8 Å². The fraction of sp³-hybridized carbons (Fsp3) is 0.684. The van der Waals surface area contributed by atoms with Crippen LogP contribution in [0.4, 0.5) is 0 Å². The molecule has 6 nitrogen and oxygen atoms in total. The zero-order valence-corrected chi connectivity index (χ0v) is 15.1. The molecule has 1 spiro atoms. The van der Waals surface area contributed by atoms with Crippen LogP contribution in [0.5, 0.6) is 5.75 Å². The lowest BCUT2D eigenvalue weighted by Gasteiger charge is -2.48. The highest BCUT2D eigenvalue weighted by molar-refractivity contribution is 5.37. The number of rotatable bonds is 5. The molecule has 6 heteroatoms. The molecular formula is C19H29NO5. The predicted molar refractivity (Wildman–Crippen MR) is 93.5 cm³/mol. The lowest BCUT2D eigenvalue weighted by Crippen LogP contribution is -2.59. The molecule has 2 N–H and O–H groups in total. The topological polar surface area (TPSA) is 71.4 Å². The molecule has 0 amide bonds. The average Bonchev–Trinajstić information content (AvgIpc) is 2.62. The normalized spacial score (nSPS) is 26.7. The SMILES string of the molecule is COCc1cc(CN2CCC3(CC2)OCC[C@H](O)[C@@H]3O)ccc1OC. The number of aliphatic hydroxyl groups is 2. The number of piperidine rings is 1. The van der Waals surface area contributed by atoms with Gasteiger partial charge in [0.1, 0.15) is 11.9 Å². The first-order valence-electron chi connectivity index (χ1n) is 8.95. The maximum atomic E-state index is 10.4. The van der Waals surface area contributed by atoms with Crippen molar-refractivity contribution < 1.29 is 24.4 Å². The van der Waals surface area contributed by atoms with E-state index in [4.69, 9.17) is 14.2 Å². The number of ether oxygens (including phenoxy) is 3. The maximum Gasteiger partial charge on any atom is 0.124 e. The lowest BCUT2D eigenvalue weighted by molar-refractivity contribution is -0.214. The van der Waals surface area contributed by atoms with Crippen molar-refractivity contribution in [3.63, 3.8) is 0 Å². The summed E-state index contributed by atoms with van der Waals surface area (Å²) in [4.78, 5) is 2.36. The van der Waals surface area contributed by atoms with Gasteiger partial charge >= 0.3 is 0 Å². The second-order valence-electron chi connectivity index (χ2n) is 7.07. The van der Waals surface area contributed by atoms with Crippen LogP contribution in [0.3, 0.4) is 0 Å². The summed E-state index contributed by atoms with van der Waals surface area (Å²) < 4.78 is 16.5. The van der Waals surface area contributed by atoms with Crippen molar-refractivity contribution in [3.05, 3.63) is 29.3 Å². The molecule has 2 saturated heterocycles. The second kappa shape index (κ2) is 8.01. The summed E-state index contributed by atoms with van der Waals surface area (Å²) in [5, 5.41) is 20.3. The van der Waals surface area contributed by atoms with Gasteiger partial charge in [-0.1, -0.05) is 6.07 Å². The lowest BCUT2D eigenvalue weighted by atomic mass is 9.80. The van der Waals surface area contributed by atoms with Gasteiger partial charge in [-0.3, -0.25) is 4.90 Å². The van der Waals surface area contributed by atoms with E-state index in [1.54, 1.807) is 14.2 Å². The molecule has 2 aliphatic rings. The van der Waals surface area contributed by atoms with Gasteiger partial charge in [0.2, 0.25) is 0 Å². The van der Waals surface area contributed by atoms with Crippen molar-refractivity contribution in [2.24, 2.45) is 0 Å². The Morgan fingerprint density at radius 3 is 2.68 bits per heavy atom. The molecule has 0 saturated carbocycles. The van der Waals surface area contributed by atoms with Crippen LogP contribution in [0, 0.1) is 0 Å². The van der Waals surface area contributed by atoms with E-state index < -0.39 is 17.8 Å². The number of methoxy groups -OCH3 is 2. The highest BCUT2D eigenvalue weighted by Crippen LogP contribution is 2.36. The van der Waals surface area contributed by atoms with Gasteiger partial charge in [0.25, 0.3) is 0 Å². The fourth-order valence-corrected chi connectivity index (χ4v) is 3.96. The van der Waals surface area contributed by atoms with Crippen LogP contribution in [-0.2, 0) is 22.6 Å². The fourth-order valence-electron chi connectivity index (χ4n) is 3.96. The number of aliphatic hydroxyl groups excluding tert-OH is 2. The Labute approximate surface area is 149 Å². The van der Waals surface area contributed by atoms with Gasteiger partial charge in [0.15, 0.2) is 0 Å². The van der Waals surface area contributed by atoms with E-state index in [2.05, 4.69) is 17.0 Å². The van der Waals surface area contributed by atoms with Crippen LogP contribution in [0.25, 0.3) is 0 Å². The molecule has 1 aromatic rings. The molecule has 25 heavy (non-hydrogen) atoms. The van der Waals surface area contributed by atoms with Gasteiger partial charge in [0, 0.05) is 32.3 Å². The zero-order chi connectivity index (χ0) is 17.9. The van der Waals surface area contributed by atoms with E-state index in [0.717, 1.165) is 43.8 Å². The minimum atomic E-state index is -0.780. The minimum absolute atomic E-state index is 0.515. The van der Waals surface area contributed by atoms with E-state index in [1.165, 1.54) is 5.56 Å². The smallest absolute Gasteiger partial charge is 0.124 e. The largest absolute Gasteiger partial charge is 0.496 e. The van der Waals surface area contributed by atoms with Crippen molar-refractivity contribution in [2.75, 3.05) is 33.9 Å². The number of likely N-dealkylation sites (tertiary alicyclic amines) is 1. The van der Waals surface area contributed by atoms with Gasteiger partial charge in [-0.25, -0.2) is 0 Å². The molecule has 3 rings (SSSR count). The number of hydrogen-bond acceptors (Lipinski definition) is 6. The summed E-state index contributed by atoms with van der Waals surface area (Å²) in [5.41, 5.74) is 1.69. The summed E-state index contributed by atoms with van der Waals surface area (Å²) in [6.45, 7) is 3.58. The summed E-state index contributed by atoms with van der Waals surface area (Å²) >= 11 is 0. The Bertz CT molecular complexity index is 571. The van der Waals surface area contributed by atoms with E-state index in [0.29, 0.717) is 19.6 Å². The third-order valence-electron chi connectivity index (χ3n) is 5.46. The highest BCUT2D eigenvalue weighted by Gasteiger charge is 2.47. The third kappa shape index (κ3) is 3.99. The van der Waals surface area contributed by atoms with Gasteiger partial charge in [-0.15, -0.1) is 0 Å². The predicted octanol–water partition coefficient (Wildman–Crippen LogP) is 1.32. The van der Waals surface area contributed by atoms with Crippen molar-refractivity contribution >= 4 is 0 Å². The molecule has 140 valence electrons. The van der Waals surface area contributed by atoms with E-state index >= 15 is 0 Å². The Kier molecular flexibility index (Phi) is 5.96. The Balaban J connectivity index is 1.61. The summed E-state index contributed by atoms with van der Waals surface area (Å²) in [6.07, 6.45) is 0.551. The molecule has 0 aromatic heterocycles. The first kappa shape index (κ1) is 18.6. The summed E-state index contributed by atoms with van der Waals surface area (Å²) in [5.74, 6) is 0.843. The highest BCUT2D eigenvalue weighted by atomic mass is 16.5. The van der Waals surface area contributed by atoms with Crippen LogP contribution >= 0.6 is 0 Å². The quantitative estimate of drug-likeness (QED) is 0.834. The molecule has 2 fully saturated rings. The van der Waals surface area contributed by atoms with Gasteiger partial charge < -0.3 is 24.4 Å². The molecule has 0 bridgehead atoms. The zero-order valence-electron chi connectivity index (χ0n) is 15.1. The van der Waals surface area contributed by atoms with E-state index in [1.807, 2.05) is 6.07 Å². The maximum absolute atomic E-state index is 10.4. The van der Waals surface area contributed by atoms with E-state index in [9.17, 15) is 10.2 Å². The first-order valence-corrected chi connectivity index (χ1v) is 8.95. The Morgan fingerprint density at radius 1 is 1.24 bits per heavy atom. The summed E-state index contributed by atoms with van der Waals surface area (Å²) in [7, 11) is 3.35. The molecule has 2 heterocycles. The first-order chi connectivity index (χ1) is 12.1. The molecule has 2 atom stereocenters. The molecule has 2 aliphatic heterocycles. The van der Waals surface area contributed by atoms with Crippen LogP contribution in [0.15, 0.2) is 18.2 Å². The molecular weight excluding hydrogens is 322 g/mol. The minimum Gasteiger partial charge on any atom is -0.496 e. The third-order valence-corrected chi connectivity index (χ3v) is 5.46. The van der Waals surface area contributed by atoms with Gasteiger partial charge in [-0.05, 0) is 37.0 Å². The second-order valence-corrected chi connectivity index (χ2v) is 7.07. The molecule has 0 unspecified atom stereocenters. The van der Waals surface area contributed by atoms with Gasteiger partial charge in [0.05, 0.1) is 32.0 Å². The summed E-state index contributed by atoms with van der Waals surface area (Å²) in [6, 6.07) is 6.19. The van der Waals surface area contributed by atoms with Crippen molar-refractivity contribution in [2.45, 2.75) is 50.2 Å². The van der Waals surface area contributed by atoms with Crippen molar-refractivity contribution in [1.29, 1.82) is 0 Å². The Morgan fingerprint density at radius 2 is 2.00 bits per heavy atom. The van der Waals surface area contributed by atoms with Crippen molar-refractivity contribution in [3.8, 4) is 5.75 Å². The van der Waals surface area contributed by atoms with Crippen LogP contribution < -0.4 is 4.74 Å². The Hall–Kier alpha value is -1.18. The molecule has 0 aliphatic carbocycles. The monoisotopic (exact) mass is 351 g/mol. The number of hydrogen-bond donors (Lipinski definition) is 2. The van der Waals surface area contributed by atoms with E-state index in [-0.39, 0.29) is 0 Å². The molecule has 0 radical (unpaired) electrons. The van der Waals surface area contributed by atoms with Crippen LogP contribution in [0.1, 0.15) is 30.4 Å². The van der Waals surface area contributed by atoms with Crippen LogP contribution in [0.2, 0.25) is 0 Å². The number of benzene rings is 1.